The standard InChI is InChI=1S/C13H19N3O2S2/c1-6-10(13(17)18-4)11(14)16-12(15-6)9-5-19-7(2)8(3)20-9/h7-9H,5H2,1-4H3,(H2,14,15,16). The lowest BCUT2D eigenvalue weighted by molar-refractivity contribution is 0.0600. The van der Waals surface area contributed by atoms with Crippen LogP contribution in [0.2, 0.25) is 0 Å². The summed E-state index contributed by atoms with van der Waals surface area (Å²) in [5.41, 5.74) is 6.75. The first-order valence-corrected chi connectivity index (χ1v) is 8.42. The van der Waals surface area contributed by atoms with Crippen molar-refractivity contribution in [1.29, 1.82) is 0 Å². The molecule has 0 radical (unpaired) electrons. The molecule has 1 aliphatic heterocycles. The predicted molar refractivity (Wildman–Crippen MR) is 84.2 cm³/mol. The summed E-state index contributed by atoms with van der Waals surface area (Å²) < 4.78 is 4.71. The first-order valence-electron chi connectivity index (χ1n) is 6.43. The highest BCUT2D eigenvalue weighted by Crippen LogP contribution is 2.43. The summed E-state index contributed by atoms with van der Waals surface area (Å²) in [7, 11) is 1.33. The van der Waals surface area contributed by atoms with Gasteiger partial charge >= 0.3 is 5.97 Å². The minimum Gasteiger partial charge on any atom is -0.465 e. The Bertz CT molecular complexity index is 501. The maximum Gasteiger partial charge on any atom is 0.343 e. The molecule has 1 saturated heterocycles. The van der Waals surface area contributed by atoms with Gasteiger partial charge in [0.25, 0.3) is 0 Å². The highest BCUT2D eigenvalue weighted by atomic mass is 32.2. The van der Waals surface area contributed by atoms with Crippen molar-refractivity contribution in [3.63, 3.8) is 0 Å². The summed E-state index contributed by atoms with van der Waals surface area (Å²) in [6, 6.07) is 0. The second kappa shape index (κ2) is 6.22. The van der Waals surface area contributed by atoms with Crippen LogP contribution in [0.4, 0.5) is 5.82 Å². The zero-order valence-electron chi connectivity index (χ0n) is 12.0. The monoisotopic (exact) mass is 313 g/mol. The fourth-order valence-corrected chi connectivity index (χ4v) is 4.88. The molecule has 0 aromatic carbocycles. The van der Waals surface area contributed by atoms with Gasteiger partial charge in [-0.2, -0.15) is 11.8 Å². The minimum absolute atomic E-state index is 0.205. The van der Waals surface area contributed by atoms with Crippen LogP contribution in [0.5, 0.6) is 0 Å². The molecule has 2 rings (SSSR count). The van der Waals surface area contributed by atoms with Crippen molar-refractivity contribution in [2.75, 3.05) is 18.6 Å². The Morgan fingerprint density at radius 2 is 2.05 bits per heavy atom. The fraction of sp³-hybridized carbons (Fsp3) is 0.615. The molecule has 0 bridgehead atoms. The molecule has 7 heteroatoms. The highest BCUT2D eigenvalue weighted by Gasteiger charge is 2.29. The zero-order valence-corrected chi connectivity index (χ0v) is 13.7. The molecule has 1 aromatic heterocycles. The van der Waals surface area contributed by atoms with Gasteiger partial charge in [0.05, 0.1) is 18.1 Å². The van der Waals surface area contributed by atoms with Gasteiger partial charge in [0.2, 0.25) is 0 Å². The molecule has 3 atom stereocenters. The topological polar surface area (TPSA) is 78.1 Å². The van der Waals surface area contributed by atoms with Crippen LogP contribution >= 0.6 is 23.5 Å². The van der Waals surface area contributed by atoms with Crippen LogP contribution in [0.25, 0.3) is 0 Å². The largest absolute Gasteiger partial charge is 0.465 e. The summed E-state index contributed by atoms with van der Waals surface area (Å²) in [5.74, 6) is 1.39. The van der Waals surface area contributed by atoms with Gasteiger partial charge in [0, 0.05) is 16.3 Å². The summed E-state index contributed by atoms with van der Waals surface area (Å²) in [4.78, 5) is 20.4. The van der Waals surface area contributed by atoms with E-state index in [1.165, 1.54) is 7.11 Å². The normalized spacial score (nSPS) is 26.3. The first-order chi connectivity index (χ1) is 9.43. The number of aryl methyl sites for hydroxylation is 1. The van der Waals surface area contributed by atoms with E-state index in [-0.39, 0.29) is 16.6 Å². The molecular weight excluding hydrogens is 294 g/mol. The molecule has 5 nitrogen and oxygen atoms in total. The summed E-state index contributed by atoms with van der Waals surface area (Å²) >= 11 is 3.79. The third kappa shape index (κ3) is 3.03. The predicted octanol–water partition coefficient (Wildman–Crippen LogP) is 2.45. The minimum atomic E-state index is -0.487. The number of anilines is 1. The molecule has 0 amide bonds. The number of carbonyl (C=O) groups excluding carboxylic acids is 1. The van der Waals surface area contributed by atoms with Gasteiger partial charge in [-0.05, 0) is 6.92 Å². The maximum absolute atomic E-state index is 11.6. The molecule has 110 valence electrons. The van der Waals surface area contributed by atoms with Crippen molar-refractivity contribution in [2.24, 2.45) is 0 Å². The number of carbonyl (C=O) groups is 1. The average Bonchev–Trinajstić information content (AvgIpc) is 2.40. The Kier molecular flexibility index (Phi) is 4.80. The third-order valence-electron chi connectivity index (χ3n) is 3.36. The number of ether oxygens (including phenoxy) is 1. The Hall–Kier alpha value is -0.950. The quantitative estimate of drug-likeness (QED) is 0.840. The zero-order chi connectivity index (χ0) is 14.9. The number of nitrogens with zero attached hydrogens (tertiary/aromatic N) is 2. The van der Waals surface area contributed by atoms with E-state index < -0.39 is 5.97 Å². The number of nitrogens with two attached hydrogens (primary N) is 1. The van der Waals surface area contributed by atoms with Crippen molar-refractivity contribution < 1.29 is 9.53 Å². The van der Waals surface area contributed by atoms with Crippen LogP contribution < -0.4 is 5.73 Å². The van der Waals surface area contributed by atoms with E-state index in [4.69, 9.17) is 10.5 Å². The van der Waals surface area contributed by atoms with E-state index in [2.05, 4.69) is 23.8 Å². The van der Waals surface area contributed by atoms with Crippen molar-refractivity contribution in [2.45, 2.75) is 36.5 Å². The van der Waals surface area contributed by atoms with Crippen molar-refractivity contribution >= 4 is 35.3 Å². The molecule has 2 N–H and O–H groups in total. The Morgan fingerprint density at radius 3 is 2.60 bits per heavy atom. The number of hydrogen-bond donors (Lipinski definition) is 1. The van der Waals surface area contributed by atoms with Gasteiger partial charge in [0.1, 0.15) is 17.2 Å². The number of rotatable bonds is 2. The highest BCUT2D eigenvalue weighted by molar-refractivity contribution is 8.07. The Morgan fingerprint density at radius 1 is 1.35 bits per heavy atom. The molecule has 0 saturated carbocycles. The van der Waals surface area contributed by atoms with Crippen LogP contribution in [0.15, 0.2) is 0 Å². The van der Waals surface area contributed by atoms with Gasteiger partial charge in [-0.3, -0.25) is 0 Å². The van der Waals surface area contributed by atoms with E-state index >= 15 is 0 Å². The molecule has 1 fully saturated rings. The number of hydrogen-bond acceptors (Lipinski definition) is 7. The van der Waals surface area contributed by atoms with E-state index in [9.17, 15) is 4.79 Å². The number of esters is 1. The van der Waals surface area contributed by atoms with Gasteiger partial charge in [-0.1, -0.05) is 13.8 Å². The Balaban J connectivity index is 2.29. The van der Waals surface area contributed by atoms with E-state index in [1.807, 2.05) is 23.5 Å². The third-order valence-corrected chi connectivity index (χ3v) is 6.75. The lowest BCUT2D eigenvalue weighted by Gasteiger charge is -2.30. The maximum atomic E-state index is 11.6. The molecule has 0 aliphatic carbocycles. The van der Waals surface area contributed by atoms with Crippen molar-refractivity contribution in [3.05, 3.63) is 17.1 Å². The summed E-state index contributed by atoms with van der Waals surface area (Å²) in [6.07, 6.45) is 0. The number of nitrogen functional groups attached to an aromatic ring is 1. The molecule has 0 spiro atoms. The number of aromatic nitrogens is 2. The smallest absolute Gasteiger partial charge is 0.343 e. The second-order valence-electron chi connectivity index (χ2n) is 4.79. The lowest BCUT2D eigenvalue weighted by atomic mass is 10.2. The molecule has 20 heavy (non-hydrogen) atoms. The first kappa shape index (κ1) is 15.4. The summed E-state index contributed by atoms with van der Waals surface area (Å²) in [5, 5.41) is 1.40. The lowest BCUT2D eigenvalue weighted by Crippen LogP contribution is -2.24. The van der Waals surface area contributed by atoms with Crippen LogP contribution in [-0.4, -0.2) is 39.3 Å². The van der Waals surface area contributed by atoms with E-state index in [0.29, 0.717) is 22.0 Å². The van der Waals surface area contributed by atoms with Crippen LogP contribution in [0.3, 0.4) is 0 Å². The van der Waals surface area contributed by atoms with Crippen molar-refractivity contribution in [3.8, 4) is 0 Å². The fourth-order valence-electron chi connectivity index (χ4n) is 2.03. The van der Waals surface area contributed by atoms with Gasteiger partial charge < -0.3 is 10.5 Å². The summed E-state index contributed by atoms with van der Waals surface area (Å²) in [6.45, 7) is 6.22. The molecule has 3 unspecified atom stereocenters. The average molecular weight is 313 g/mol. The van der Waals surface area contributed by atoms with Crippen molar-refractivity contribution in [1.82, 2.24) is 9.97 Å². The molecule has 1 aliphatic rings. The van der Waals surface area contributed by atoms with Crippen LogP contribution in [0, 0.1) is 6.92 Å². The van der Waals surface area contributed by atoms with Gasteiger partial charge in [0.15, 0.2) is 0 Å². The van der Waals surface area contributed by atoms with Gasteiger partial charge in [-0.15, -0.1) is 11.8 Å². The van der Waals surface area contributed by atoms with Crippen LogP contribution in [-0.2, 0) is 4.74 Å². The number of thioether (sulfide) groups is 2. The number of methoxy groups -OCH3 is 1. The van der Waals surface area contributed by atoms with Gasteiger partial charge in [-0.25, -0.2) is 14.8 Å². The van der Waals surface area contributed by atoms with E-state index in [0.717, 1.165) is 5.75 Å². The Labute approximate surface area is 127 Å². The molecule has 1 aromatic rings. The molecular formula is C13H19N3O2S2. The SMILES string of the molecule is COC(=O)c1c(C)nc(C2CSC(C)C(C)S2)nc1N. The van der Waals surface area contributed by atoms with E-state index in [1.54, 1.807) is 6.92 Å². The molecule has 2 heterocycles. The second-order valence-corrected chi connectivity index (χ2v) is 7.78. The van der Waals surface area contributed by atoms with Crippen LogP contribution in [0.1, 0.15) is 41.0 Å².